The molecule has 5 nitrogen and oxygen atoms in total. The van der Waals surface area contributed by atoms with Crippen LogP contribution in [0, 0.1) is 5.82 Å². The van der Waals surface area contributed by atoms with Crippen molar-refractivity contribution in [2.24, 2.45) is 0 Å². The van der Waals surface area contributed by atoms with Gasteiger partial charge in [0, 0.05) is 18.7 Å². The first kappa shape index (κ1) is 22.7. The monoisotopic (exact) mass is 446 g/mol. The molecule has 0 saturated carbocycles. The summed E-state index contributed by atoms with van der Waals surface area (Å²) < 4.78 is 19.4. The third-order valence-electron chi connectivity index (χ3n) is 6.21. The number of esters is 1. The number of hydrogen-bond donors (Lipinski definition) is 1. The first-order valence-electron chi connectivity index (χ1n) is 11.0. The van der Waals surface area contributed by atoms with Crippen LogP contribution in [-0.4, -0.2) is 29.9 Å². The molecule has 2 atom stereocenters. The number of nitrogens with zero attached hydrogens (tertiary/aromatic N) is 1. The van der Waals surface area contributed by atoms with Crippen molar-refractivity contribution in [2.45, 2.75) is 38.5 Å². The number of halogens is 1. The number of amides is 1. The van der Waals surface area contributed by atoms with Gasteiger partial charge in [-0.15, -0.1) is 0 Å². The van der Waals surface area contributed by atoms with Gasteiger partial charge in [-0.05, 0) is 48.2 Å². The number of methoxy groups -OCH3 is 1. The molecule has 170 valence electrons. The molecule has 6 heteroatoms. The van der Waals surface area contributed by atoms with Crippen LogP contribution in [0.1, 0.15) is 45.6 Å². The van der Waals surface area contributed by atoms with Crippen molar-refractivity contribution in [3.05, 3.63) is 106 Å². The summed E-state index contributed by atoms with van der Waals surface area (Å²) in [5.41, 5.74) is 4.08. The lowest BCUT2D eigenvalue weighted by molar-refractivity contribution is -0.136. The highest BCUT2D eigenvalue weighted by Gasteiger charge is 2.32. The Kier molecular flexibility index (Phi) is 6.84. The number of carbonyl (C=O) groups is 2. The molecule has 0 saturated heterocycles. The van der Waals surface area contributed by atoms with Gasteiger partial charge >= 0.3 is 5.97 Å². The summed E-state index contributed by atoms with van der Waals surface area (Å²) in [5.74, 6) is -0.845. The van der Waals surface area contributed by atoms with E-state index < -0.39 is 18.1 Å². The lowest BCUT2D eigenvalue weighted by Gasteiger charge is -2.35. The maximum Gasteiger partial charge on any atom is 0.337 e. The fraction of sp³-hybridized carbons (Fsp3) is 0.259. The lowest BCUT2D eigenvalue weighted by Crippen LogP contribution is -2.50. The SMILES string of the molecule is COC(=O)c1ccc(CN(C(=O)[C@@H]2Cc3ccccc3CN2)[C@H](C)c2ccccc2F)cc1. The summed E-state index contributed by atoms with van der Waals surface area (Å²) >= 11 is 0. The molecule has 1 amide bonds. The van der Waals surface area contributed by atoms with Crippen LogP contribution in [0.25, 0.3) is 0 Å². The van der Waals surface area contributed by atoms with Crippen molar-refractivity contribution >= 4 is 11.9 Å². The topological polar surface area (TPSA) is 58.6 Å². The maximum absolute atomic E-state index is 14.6. The molecule has 0 fully saturated rings. The van der Waals surface area contributed by atoms with Crippen molar-refractivity contribution in [1.82, 2.24) is 10.2 Å². The van der Waals surface area contributed by atoms with Crippen LogP contribution in [-0.2, 0) is 29.0 Å². The van der Waals surface area contributed by atoms with Crippen LogP contribution < -0.4 is 5.32 Å². The van der Waals surface area contributed by atoms with E-state index in [4.69, 9.17) is 4.74 Å². The largest absolute Gasteiger partial charge is 0.465 e. The predicted molar refractivity (Wildman–Crippen MR) is 124 cm³/mol. The van der Waals surface area contributed by atoms with Gasteiger partial charge in [0.1, 0.15) is 5.82 Å². The van der Waals surface area contributed by atoms with Crippen LogP contribution >= 0.6 is 0 Å². The summed E-state index contributed by atoms with van der Waals surface area (Å²) in [6, 6.07) is 20.7. The third kappa shape index (κ3) is 4.96. The molecule has 1 aliphatic rings. The van der Waals surface area contributed by atoms with E-state index in [0.29, 0.717) is 24.1 Å². The highest BCUT2D eigenvalue weighted by atomic mass is 19.1. The van der Waals surface area contributed by atoms with Crippen molar-refractivity contribution in [2.75, 3.05) is 7.11 Å². The number of rotatable bonds is 6. The third-order valence-corrected chi connectivity index (χ3v) is 6.21. The van der Waals surface area contributed by atoms with E-state index in [-0.39, 0.29) is 18.3 Å². The molecule has 0 aliphatic carbocycles. The Morgan fingerprint density at radius 2 is 1.70 bits per heavy atom. The van der Waals surface area contributed by atoms with E-state index in [1.54, 1.807) is 47.4 Å². The van der Waals surface area contributed by atoms with Gasteiger partial charge in [0.2, 0.25) is 5.91 Å². The Labute approximate surface area is 193 Å². The molecule has 0 bridgehead atoms. The number of fused-ring (bicyclic) bond motifs is 1. The first-order chi connectivity index (χ1) is 16.0. The molecule has 1 N–H and O–H groups in total. The second kappa shape index (κ2) is 9.96. The van der Waals surface area contributed by atoms with Gasteiger partial charge in [-0.3, -0.25) is 4.79 Å². The van der Waals surface area contributed by atoms with E-state index in [1.807, 2.05) is 25.1 Å². The van der Waals surface area contributed by atoms with Gasteiger partial charge in [-0.1, -0.05) is 54.6 Å². The molecule has 4 rings (SSSR count). The molecule has 1 heterocycles. The van der Waals surface area contributed by atoms with E-state index in [1.165, 1.54) is 18.7 Å². The molecule has 0 aromatic heterocycles. The number of hydrogen-bond acceptors (Lipinski definition) is 4. The Morgan fingerprint density at radius 1 is 1.03 bits per heavy atom. The van der Waals surface area contributed by atoms with Crippen LogP contribution in [0.15, 0.2) is 72.8 Å². The molecule has 0 radical (unpaired) electrons. The van der Waals surface area contributed by atoms with Crippen molar-refractivity contribution in [3.8, 4) is 0 Å². The Hall–Kier alpha value is -3.51. The Morgan fingerprint density at radius 3 is 2.39 bits per heavy atom. The summed E-state index contributed by atoms with van der Waals surface area (Å²) in [5, 5.41) is 3.35. The molecule has 3 aromatic carbocycles. The summed E-state index contributed by atoms with van der Waals surface area (Å²) in [6.07, 6.45) is 0.580. The fourth-order valence-electron chi connectivity index (χ4n) is 4.28. The number of ether oxygens (including phenoxy) is 1. The van der Waals surface area contributed by atoms with Gasteiger partial charge in [-0.2, -0.15) is 0 Å². The average Bonchev–Trinajstić information content (AvgIpc) is 2.86. The Balaban J connectivity index is 1.62. The van der Waals surface area contributed by atoms with Crippen molar-refractivity contribution in [3.63, 3.8) is 0 Å². The van der Waals surface area contributed by atoms with E-state index in [0.717, 1.165) is 11.1 Å². The zero-order chi connectivity index (χ0) is 23.4. The summed E-state index contributed by atoms with van der Waals surface area (Å²) in [7, 11) is 1.34. The standard InChI is InChI=1S/C27H27FN2O3/c1-18(23-9-5-6-10-24(23)28)30(17-19-11-13-20(14-12-19)27(32)33-2)26(31)25-15-21-7-3-4-8-22(21)16-29-25/h3-14,18,25,29H,15-17H2,1-2H3/t18-,25+/m1/s1. The van der Waals surface area contributed by atoms with Crippen LogP contribution in [0.3, 0.4) is 0 Å². The molecule has 0 unspecified atom stereocenters. The molecular weight excluding hydrogens is 419 g/mol. The van der Waals surface area contributed by atoms with Crippen LogP contribution in [0.2, 0.25) is 0 Å². The van der Waals surface area contributed by atoms with Gasteiger partial charge in [-0.25, -0.2) is 9.18 Å². The zero-order valence-corrected chi connectivity index (χ0v) is 18.8. The molecule has 33 heavy (non-hydrogen) atoms. The summed E-state index contributed by atoms with van der Waals surface area (Å²) in [6.45, 7) is 2.74. The highest BCUT2D eigenvalue weighted by Crippen LogP contribution is 2.27. The van der Waals surface area contributed by atoms with E-state index >= 15 is 0 Å². The van der Waals surface area contributed by atoms with Gasteiger partial charge in [0.05, 0.1) is 24.8 Å². The quantitative estimate of drug-likeness (QED) is 0.570. The zero-order valence-electron chi connectivity index (χ0n) is 18.8. The smallest absolute Gasteiger partial charge is 0.337 e. The second-order valence-corrected chi connectivity index (χ2v) is 8.26. The lowest BCUT2D eigenvalue weighted by atomic mass is 9.94. The minimum Gasteiger partial charge on any atom is -0.465 e. The summed E-state index contributed by atoms with van der Waals surface area (Å²) in [4.78, 5) is 27.2. The van der Waals surface area contributed by atoms with E-state index in [9.17, 15) is 14.0 Å². The molecule has 1 aliphatic heterocycles. The predicted octanol–water partition coefficient (Wildman–Crippen LogP) is 4.42. The minimum atomic E-state index is -0.474. The number of benzene rings is 3. The van der Waals surface area contributed by atoms with E-state index in [2.05, 4.69) is 11.4 Å². The maximum atomic E-state index is 14.6. The fourth-order valence-corrected chi connectivity index (χ4v) is 4.28. The average molecular weight is 447 g/mol. The minimum absolute atomic E-state index is 0.0858. The van der Waals surface area contributed by atoms with Gasteiger partial charge in [0.15, 0.2) is 0 Å². The van der Waals surface area contributed by atoms with Gasteiger partial charge < -0.3 is 15.0 Å². The normalized spacial score (nSPS) is 15.9. The molecular formula is C27H27FN2O3. The Bertz CT molecular complexity index is 1150. The first-order valence-corrected chi connectivity index (χ1v) is 11.0. The number of nitrogens with one attached hydrogen (secondary N) is 1. The highest BCUT2D eigenvalue weighted by molar-refractivity contribution is 5.89. The van der Waals surface area contributed by atoms with Crippen LogP contribution in [0.4, 0.5) is 4.39 Å². The molecule has 3 aromatic rings. The van der Waals surface area contributed by atoms with Gasteiger partial charge in [0.25, 0.3) is 0 Å². The molecule has 0 spiro atoms. The van der Waals surface area contributed by atoms with Crippen molar-refractivity contribution < 1.29 is 18.7 Å². The second-order valence-electron chi connectivity index (χ2n) is 8.26. The van der Waals surface area contributed by atoms with Crippen molar-refractivity contribution in [1.29, 1.82) is 0 Å². The number of carbonyl (C=O) groups excluding carboxylic acids is 2. The van der Waals surface area contributed by atoms with Crippen LogP contribution in [0.5, 0.6) is 0 Å².